The topological polar surface area (TPSA) is 59.5 Å². The molecule has 2 aromatic carbocycles. The summed E-state index contributed by atoms with van der Waals surface area (Å²) in [7, 11) is -2.65. The number of methoxy groups -OCH3 is 1. The number of pyridine rings is 1. The first-order valence-corrected chi connectivity index (χ1v) is 11.3. The van der Waals surface area contributed by atoms with Crippen LogP contribution in [0.25, 0.3) is 10.9 Å². The monoisotopic (exact) mass is 450 g/mol. The van der Waals surface area contributed by atoms with Gasteiger partial charge in [0.2, 0.25) is 9.84 Å². The Morgan fingerprint density at radius 3 is 2.35 bits per heavy atom. The van der Waals surface area contributed by atoms with Gasteiger partial charge < -0.3 is 9.64 Å². The number of anilines is 1. The minimum atomic E-state index is -4.29. The molecule has 0 N–H and O–H groups in total. The molecule has 0 saturated carbocycles. The fourth-order valence-electron chi connectivity index (χ4n) is 4.03. The van der Waals surface area contributed by atoms with E-state index in [-0.39, 0.29) is 4.90 Å². The maximum atomic E-state index is 13.8. The van der Waals surface area contributed by atoms with Crippen LogP contribution in [-0.4, -0.2) is 40.2 Å². The fraction of sp³-hybridized carbons (Fsp3) is 0.318. The second kappa shape index (κ2) is 8.47. The predicted molar refractivity (Wildman–Crippen MR) is 110 cm³/mol. The lowest BCUT2D eigenvalue weighted by Gasteiger charge is -2.35. The normalized spacial score (nSPS) is 15.5. The lowest BCUT2D eigenvalue weighted by Crippen LogP contribution is -2.36. The SMILES string of the molecule is COCC1CCN(c2c(S(=O)(=O)c3cc(F)cc(F)c3)cnc3cc(F)ccc23)CC1. The molecule has 1 aliphatic heterocycles. The molecule has 1 saturated heterocycles. The van der Waals surface area contributed by atoms with Gasteiger partial charge in [0.15, 0.2) is 0 Å². The van der Waals surface area contributed by atoms with Crippen molar-refractivity contribution in [3.63, 3.8) is 0 Å². The average Bonchev–Trinajstić information content (AvgIpc) is 2.73. The van der Waals surface area contributed by atoms with Crippen LogP contribution >= 0.6 is 0 Å². The number of rotatable bonds is 5. The number of piperidine rings is 1. The zero-order valence-corrected chi connectivity index (χ0v) is 17.6. The van der Waals surface area contributed by atoms with Crippen molar-refractivity contribution in [2.24, 2.45) is 5.92 Å². The molecule has 9 heteroatoms. The Labute approximate surface area is 178 Å². The Hall–Kier alpha value is -2.65. The summed E-state index contributed by atoms with van der Waals surface area (Å²) in [5, 5.41) is 0.463. The van der Waals surface area contributed by atoms with E-state index in [1.165, 1.54) is 18.2 Å². The number of fused-ring (bicyclic) bond motifs is 1. The Balaban J connectivity index is 1.87. The highest BCUT2D eigenvalue weighted by Crippen LogP contribution is 2.38. The Bertz CT molecular complexity index is 1210. The number of halogens is 3. The molecule has 31 heavy (non-hydrogen) atoms. The number of hydrogen-bond acceptors (Lipinski definition) is 5. The van der Waals surface area contributed by atoms with Gasteiger partial charge in [-0.15, -0.1) is 0 Å². The van der Waals surface area contributed by atoms with Crippen LogP contribution in [0.3, 0.4) is 0 Å². The van der Waals surface area contributed by atoms with Crippen molar-refractivity contribution in [3.8, 4) is 0 Å². The molecule has 1 aliphatic rings. The van der Waals surface area contributed by atoms with Crippen LogP contribution in [0.2, 0.25) is 0 Å². The number of hydrogen-bond donors (Lipinski definition) is 0. The van der Waals surface area contributed by atoms with E-state index in [9.17, 15) is 21.6 Å². The molecule has 1 fully saturated rings. The first kappa shape index (κ1) is 21.6. The summed E-state index contributed by atoms with van der Waals surface area (Å²) < 4.78 is 73.3. The van der Waals surface area contributed by atoms with E-state index in [1.54, 1.807) is 7.11 Å². The minimum Gasteiger partial charge on any atom is -0.384 e. The number of nitrogens with zero attached hydrogens (tertiary/aromatic N) is 2. The Kier molecular flexibility index (Phi) is 5.90. The first-order valence-electron chi connectivity index (χ1n) is 9.83. The van der Waals surface area contributed by atoms with Gasteiger partial charge in [-0.1, -0.05) is 0 Å². The van der Waals surface area contributed by atoms with Crippen molar-refractivity contribution < 1.29 is 26.3 Å². The van der Waals surface area contributed by atoms with Crippen LogP contribution in [0.15, 0.2) is 52.4 Å². The van der Waals surface area contributed by atoms with Crippen molar-refractivity contribution in [2.45, 2.75) is 22.6 Å². The average molecular weight is 450 g/mol. The molecule has 3 aromatic rings. The van der Waals surface area contributed by atoms with E-state index in [4.69, 9.17) is 4.74 Å². The van der Waals surface area contributed by atoms with Gasteiger partial charge in [-0.3, -0.25) is 4.98 Å². The molecule has 0 bridgehead atoms. The molecule has 0 atom stereocenters. The fourth-order valence-corrected chi connectivity index (χ4v) is 5.50. The molecule has 1 aromatic heterocycles. The molecule has 0 amide bonds. The van der Waals surface area contributed by atoms with Crippen molar-refractivity contribution in [3.05, 3.63) is 60.0 Å². The second-order valence-corrected chi connectivity index (χ2v) is 9.54. The van der Waals surface area contributed by atoms with Crippen molar-refractivity contribution in [1.82, 2.24) is 4.98 Å². The lowest BCUT2D eigenvalue weighted by molar-refractivity contribution is 0.139. The maximum Gasteiger partial charge on any atom is 0.210 e. The first-order chi connectivity index (χ1) is 14.8. The molecule has 5 nitrogen and oxygen atoms in total. The van der Waals surface area contributed by atoms with Gasteiger partial charge in [0.05, 0.1) is 16.1 Å². The molecule has 2 heterocycles. The predicted octanol–water partition coefficient (Wildman–Crippen LogP) is 4.35. The third-order valence-corrected chi connectivity index (χ3v) is 7.27. The Morgan fingerprint density at radius 2 is 1.71 bits per heavy atom. The summed E-state index contributed by atoms with van der Waals surface area (Å²) in [5.41, 5.74) is 0.670. The highest BCUT2D eigenvalue weighted by molar-refractivity contribution is 7.91. The number of aromatic nitrogens is 1. The molecule has 0 unspecified atom stereocenters. The summed E-state index contributed by atoms with van der Waals surface area (Å²) in [4.78, 5) is 5.38. The number of ether oxygens (including phenoxy) is 1. The Morgan fingerprint density at radius 1 is 1.03 bits per heavy atom. The van der Waals surface area contributed by atoms with Crippen LogP contribution in [0.4, 0.5) is 18.9 Å². The van der Waals surface area contributed by atoms with Crippen LogP contribution in [0, 0.1) is 23.4 Å². The third kappa shape index (κ3) is 4.24. The smallest absolute Gasteiger partial charge is 0.210 e. The maximum absolute atomic E-state index is 13.8. The minimum absolute atomic E-state index is 0.165. The summed E-state index contributed by atoms with van der Waals surface area (Å²) in [6, 6.07) is 6.13. The van der Waals surface area contributed by atoms with Crippen molar-refractivity contribution in [1.29, 1.82) is 0 Å². The highest BCUT2D eigenvalue weighted by atomic mass is 32.2. The van der Waals surface area contributed by atoms with Crippen molar-refractivity contribution in [2.75, 3.05) is 31.7 Å². The summed E-state index contributed by atoms with van der Waals surface area (Å²) in [6.07, 6.45) is 2.70. The van der Waals surface area contributed by atoms with Crippen molar-refractivity contribution >= 4 is 26.4 Å². The molecule has 0 radical (unpaired) electrons. The van der Waals surface area contributed by atoms with Crippen LogP contribution < -0.4 is 4.90 Å². The third-order valence-electron chi connectivity index (χ3n) is 5.54. The van der Waals surface area contributed by atoms with E-state index in [0.29, 0.717) is 48.3 Å². The van der Waals surface area contributed by atoms with Gasteiger partial charge in [0.25, 0.3) is 0 Å². The van der Waals surface area contributed by atoms with Gasteiger partial charge in [-0.2, -0.15) is 0 Å². The van der Waals surface area contributed by atoms with E-state index >= 15 is 0 Å². The highest BCUT2D eigenvalue weighted by Gasteiger charge is 2.30. The van der Waals surface area contributed by atoms with E-state index in [2.05, 4.69) is 4.98 Å². The molecular formula is C22H21F3N2O3S. The van der Waals surface area contributed by atoms with Gasteiger partial charge in [-0.05, 0) is 43.0 Å². The second-order valence-electron chi connectivity index (χ2n) is 7.63. The van der Waals surface area contributed by atoms with Gasteiger partial charge in [0, 0.05) is 50.5 Å². The standard InChI is InChI=1S/C22H21F3N2O3S/c1-30-13-14-4-6-27(7-5-14)22-19-3-2-15(23)11-20(19)26-12-21(22)31(28,29)18-9-16(24)8-17(25)10-18/h2-3,8-12,14H,4-7,13H2,1H3. The van der Waals surface area contributed by atoms with Crippen LogP contribution in [0.5, 0.6) is 0 Å². The quantitative estimate of drug-likeness (QED) is 0.579. The largest absolute Gasteiger partial charge is 0.384 e. The molecule has 164 valence electrons. The zero-order chi connectivity index (χ0) is 22.2. The van der Waals surface area contributed by atoms with Gasteiger partial charge in [-0.25, -0.2) is 21.6 Å². The van der Waals surface area contributed by atoms with Crippen LogP contribution in [-0.2, 0) is 14.6 Å². The lowest BCUT2D eigenvalue weighted by atomic mass is 9.97. The van der Waals surface area contributed by atoms with E-state index < -0.39 is 32.2 Å². The number of benzene rings is 2. The molecular weight excluding hydrogens is 429 g/mol. The number of sulfone groups is 1. The summed E-state index contributed by atoms with van der Waals surface area (Å²) in [5.74, 6) is -2.12. The summed E-state index contributed by atoms with van der Waals surface area (Å²) in [6.45, 7) is 1.74. The molecule has 4 rings (SSSR count). The zero-order valence-electron chi connectivity index (χ0n) is 16.8. The molecule has 0 aliphatic carbocycles. The van der Waals surface area contributed by atoms with E-state index in [1.807, 2.05) is 4.90 Å². The van der Waals surface area contributed by atoms with E-state index in [0.717, 1.165) is 31.2 Å². The van der Waals surface area contributed by atoms with Crippen LogP contribution in [0.1, 0.15) is 12.8 Å². The molecule has 0 spiro atoms. The van der Waals surface area contributed by atoms with Gasteiger partial charge in [0.1, 0.15) is 22.3 Å². The van der Waals surface area contributed by atoms with Gasteiger partial charge >= 0.3 is 0 Å². The summed E-state index contributed by atoms with van der Waals surface area (Å²) >= 11 is 0.